The number of hydrogen-bond donors (Lipinski definition) is 1. The molecular weight excluding hydrogens is 198 g/mol. The molecule has 1 saturated carbocycles. The normalized spacial score (nSPS) is 21.9. The Hall–Kier alpha value is -0.830. The minimum Gasteiger partial charge on any atom is -0.325 e. The molecule has 0 amide bonds. The van der Waals surface area contributed by atoms with Gasteiger partial charge in [-0.15, -0.1) is 0 Å². The van der Waals surface area contributed by atoms with Gasteiger partial charge in [0.1, 0.15) is 0 Å². The Bertz CT molecular complexity index is 402. The predicted octanol–water partition coefficient (Wildman–Crippen LogP) is 1.72. The Balaban J connectivity index is 1.79. The number of fused-ring (bicyclic) bond motifs is 1. The van der Waals surface area contributed by atoms with Crippen LogP contribution < -0.4 is 5.73 Å². The maximum absolute atomic E-state index is 6.16. The van der Waals surface area contributed by atoms with Crippen LogP contribution in [0.3, 0.4) is 0 Å². The topological polar surface area (TPSA) is 43.8 Å². The zero-order valence-electron chi connectivity index (χ0n) is 10.1. The molecule has 0 unspecified atom stereocenters. The average molecular weight is 219 g/mol. The van der Waals surface area contributed by atoms with Crippen LogP contribution in [-0.2, 0) is 26.3 Å². The molecule has 16 heavy (non-hydrogen) atoms. The van der Waals surface area contributed by atoms with Gasteiger partial charge in [-0.2, -0.15) is 5.10 Å². The van der Waals surface area contributed by atoms with E-state index < -0.39 is 0 Å². The Morgan fingerprint density at radius 1 is 1.31 bits per heavy atom. The summed E-state index contributed by atoms with van der Waals surface area (Å²) in [4.78, 5) is 0. The lowest BCUT2D eigenvalue weighted by Crippen LogP contribution is -2.23. The summed E-state index contributed by atoms with van der Waals surface area (Å²) in [5.41, 5.74) is 10.7. The van der Waals surface area contributed by atoms with Crippen LogP contribution in [0.25, 0.3) is 0 Å². The van der Waals surface area contributed by atoms with Gasteiger partial charge in [-0.05, 0) is 56.9 Å². The van der Waals surface area contributed by atoms with Crippen molar-refractivity contribution in [2.24, 2.45) is 12.8 Å². The van der Waals surface area contributed by atoms with Gasteiger partial charge in [0.15, 0.2) is 0 Å². The molecule has 1 aromatic heterocycles. The Morgan fingerprint density at radius 3 is 2.81 bits per heavy atom. The monoisotopic (exact) mass is 219 g/mol. The van der Waals surface area contributed by atoms with Gasteiger partial charge in [-0.1, -0.05) is 0 Å². The van der Waals surface area contributed by atoms with Gasteiger partial charge >= 0.3 is 0 Å². The van der Waals surface area contributed by atoms with E-state index in [1.807, 2.05) is 0 Å². The predicted molar refractivity (Wildman–Crippen MR) is 64.3 cm³/mol. The molecule has 0 radical (unpaired) electrons. The van der Waals surface area contributed by atoms with Crippen LogP contribution in [-0.4, -0.2) is 15.3 Å². The van der Waals surface area contributed by atoms with Crippen LogP contribution in [0.15, 0.2) is 0 Å². The number of nitrogens with zero attached hydrogens (tertiary/aromatic N) is 2. The average Bonchev–Trinajstić information content (AvgIpc) is 2.91. The Labute approximate surface area is 97.0 Å². The van der Waals surface area contributed by atoms with Crippen LogP contribution in [0, 0.1) is 0 Å². The zero-order valence-corrected chi connectivity index (χ0v) is 10.1. The van der Waals surface area contributed by atoms with E-state index in [-0.39, 0.29) is 5.54 Å². The summed E-state index contributed by atoms with van der Waals surface area (Å²) in [5.74, 6) is 0. The number of aryl methyl sites for hydroxylation is 2. The van der Waals surface area contributed by atoms with Crippen LogP contribution in [0.4, 0.5) is 0 Å². The molecule has 1 aromatic rings. The van der Waals surface area contributed by atoms with Gasteiger partial charge in [0.2, 0.25) is 0 Å². The fourth-order valence-corrected chi connectivity index (χ4v) is 2.84. The molecular formula is C13H21N3. The third-order valence-electron chi connectivity index (χ3n) is 4.20. The molecule has 2 aliphatic rings. The highest BCUT2D eigenvalue weighted by molar-refractivity contribution is 5.29. The van der Waals surface area contributed by atoms with E-state index in [1.54, 1.807) is 0 Å². The van der Waals surface area contributed by atoms with Crippen molar-refractivity contribution in [1.82, 2.24) is 9.78 Å². The molecule has 0 atom stereocenters. The van der Waals surface area contributed by atoms with Crippen LogP contribution in [0.5, 0.6) is 0 Å². The van der Waals surface area contributed by atoms with E-state index in [0.717, 1.165) is 12.8 Å². The fourth-order valence-electron chi connectivity index (χ4n) is 2.84. The molecule has 3 nitrogen and oxygen atoms in total. The van der Waals surface area contributed by atoms with Gasteiger partial charge in [-0.25, -0.2) is 0 Å². The number of hydrogen-bond acceptors (Lipinski definition) is 2. The van der Waals surface area contributed by atoms with Gasteiger partial charge < -0.3 is 5.73 Å². The smallest absolute Gasteiger partial charge is 0.0659 e. The van der Waals surface area contributed by atoms with Gasteiger partial charge in [0, 0.05) is 18.3 Å². The largest absolute Gasteiger partial charge is 0.325 e. The third-order valence-corrected chi connectivity index (χ3v) is 4.20. The number of nitrogens with two attached hydrogens (primary N) is 1. The van der Waals surface area contributed by atoms with Crippen molar-refractivity contribution in [3.8, 4) is 0 Å². The summed E-state index contributed by atoms with van der Waals surface area (Å²) in [6.07, 6.45) is 9.74. The van der Waals surface area contributed by atoms with Crippen molar-refractivity contribution in [3.05, 3.63) is 17.0 Å². The number of aromatic nitrogens is 2. The van der Waals surface area contributed by atoms with Crippen molar-refractivity contribution in [2.75, 3.05) is 0 Å². The standard InChI is InChI=1S/C13H21N3/c1-16-12(6-7-13(14)8-9-13)10-4-2-3-5-11(10)15-16/h2-9,14H2,1H3. The van der Waals surface area contributed by atoms with Gasteiger partial charge in [0.05, 0.1) is 5.69 Å². The van der Waals surface area contributed by atoms with Crippen molar-refractivity contribution < 1.29 is 0 Å². The minimum atomic E-state index is 0.172. The van der Waals surface area contributed by atoms with Crippen LogP contribution in [0.2, 0.25) is 0 Å². The van der Waals surface area contributed by atoms with Crippen LogP contribution in [0.1, 0.15) is 49.1 Å². The number of rotatable bonds is 3. The van der Waals surface area contributed by atoms with Crippen molar-refractivity contribution in [2.45, 2.75) is 56.9 Å². The van der Waals surface area contributed by atoms with Crippen molar-refractivity contribution in [1.29, 1.82) is 0 Å². The molecule has 1 heterocycles. The molecule has 3 rings (SSSR count). The van der Waals surface area contributed by atoms with E-state index >= 15 is 0 Å². The molecule has 2 aliphatic carbocycles. The first kappa shape index (κ1) is 10.3. The van der Waals surface area contributed by atoms with E-state index in [2.05, 4.69) is 16.8 Å². The van der Waals surface area contributed by atoms with E-state index in [9.17, 15) is 0 Å². The van der Waals surface area contributed by atoms with Crippen molar-refractivity contribution >= 4 is 0 Å². The quantitative estimate of drug-likeness (QED) is 0.841. The summed E-state index contributed by atoms with van der Waals surface area (Å²) in [5, 5.41) is 4.65. The molecule has 1 fully saturated rings. The van der Waals surface area contributed by atoms with Gasteiger partial charge in [-0.3, -0.25) is 4.68 Å². The molecule has 0 spiro atoms. The molecule has 0 aliphatic heterocycles. The first-order valence-electron chi connectivity index (χ1n) is 6.50. The summed E-state index contributed by atoms with van der Waals surface area (Å²) in [6.45, 7) is 0. The fraction of sp³-hybridized carbons (Fsp3) is 0.769. The van der Waals surface area contributed by atoms with E-state index in [1.165, 1.54) is 55.5 Å². The first-order chi connectivity index (χ1) is 7.68. The highest BCUT2D eigenvalue weighted by atomic mass is 15.3. The Morgan fingerprint density at radius 2 is 2.06 bits per heavy atom. The van der Waals surface area contributed by atoms with E-state index in [0.29, 0.717) is 0 Å². The second-order valence-electron chi connectivity index (χ2n) is 5.57. The molecule has 0 bridgehead atoms. The van der Waals surface area contributed by atoms with E-state index in [4.69, 9.17) is 5.73 Å². The minimum absolute atomic E-state index is 0.172. The van der Waals surface area contributed by atoms with Crippen molar-refractivity contribution in [3.63, 3.8) is 0 Å². The first-order valence-corrected chi connectivity index (χ1v) is 6.50. The summed E-state index contributed by atoms with van der Waals surface area (Å²) in [7, 11) is 2.09. The second-order valence-corrected chi connectivity index (χ2v) is 5.57. The highest BCUT2D eigenvalue weighted by Crippen LogP contribution is 2.37. The Kier molecular flexibility index (Phi) is 2.32. The lowest BCUT2D eigenvalue weighted by molar-refractivity contribution is 0.580. The molecule has 88 valence electrons. The maximum atomic E-state index is 6.16. The van der Waals surface area contributed by atoms with Gasteiger partial charge in [0.25, 0.3) is 0 Å². The summed E-state index contributed by atoms with van der Waals surface area (Å²) in [6, 6.07) is 0. The lowest BCUT2D eigenvalue weighted by atomic mass is 9.94. The zero-order chi connectivity index (χ0) is 11.2. The van der Waals surface area contributed by atoms with Crippen LogP contribution >= 0.6 is 0 Å². The molecule has 2 N–H and O–H groups in total. The summed E-state index contributed by atoms with van der Waals surface area (Å²) >= 11 is 0. The second kappa shape index (κ2) is 3.59. The SMILES string of the molecule is Cn1nc2c(c1CCC1(N)CC1)CCCC2. The third kappa shape index (κ3) is 1.77. The highest BCUT2D eigenvalue weighted by Gasteiger charge is 2.37. The molecule has 3 heteroatoms. The maximum Gasteiger partial charge on any atom is 0.0659 e. The molecule has 0 aromatic carbocycles. The molecule has 0 saturated heterocycles. The lowest BCUT2D eigenvalue weighted by Gasteiger charge is -2.13. The summed E-state index contributed by atoms with van der Waals surface area (Å²) < 4.78 is 2.10.